The fraction of sp³-hybridized carbons (Fsp3) is 1.00. The van der Waals surface area contributed by atoms with Crippen molar-refractivity contribution in [2.24, 2.45) is 5.41 Å². The molecule has 0 bridgehead atoms. The Hall–Kier alpha value is -1.60. The van der Waals surface area contributed by atoms with Crippen LogP contribution in [-0.2, 0) is 9.68 Å². The summed E-state index contributed by atoms with van der Waals surface area (Å²) in [7, 11) is 0. The zero-order chi connectivity index (χ0) is 14.2. The van der Waals surface area contributed by atoms with E-state index in [0.29, 0.717) is 12.8 Å². The summed E-state index contributed by atoms with van der Waals surface area (Å²) in [6.07, 6.45) is 2.04. The standard InChI is InChI=1S/C10H20N2O6/c1-4-10(2,3)7-5-6-9(18-12(15)16)8-17-11(13)14/h9H,4-8H2,1-3H3. The molecule has 0 radical (unpaired) electrons. The van der Waals surface area contributed by atoms with E-state index in [9.17, 15) is 20.2 Å². The zero-order valence-corrected chi connectivity index (χ0v) is 11.0. The van der Waals surface area contributed by atoms with Gasteiger partial charge in [-0.05, 0) is 18.3 Å². The number of hydrogen-bond donors (Lipinski definition) is 0. The molecule has 106 valence electrons. The van der Waals surface area contributed by atoms with Crippen LogP contribution in [-0.4, -0.2) is 22.9 Å². The molecule has 0 rings (SSSR count). The van der Waals surface area contributed by atoms with E-state index >= 15 is 0 Å². The summed E-state index contributed by atoms with van der Waals surface area (Å²) < 4.78 is 0. The molecule has 0 aliphatic heterocycles. The average molecular weight is 264 g/mol. The van der Waals surface area contributed by atoms with Gasteiger partial charge in [0.25, 0.3) is 10.2 Å². The summed E-state index contributed by atoms with van der Waals surface area (Å²) in [5.74, 6) is 0. The molecule has 0 aromatic rings. The van der Waals surface area contributed by atoms with Gasteiger partial charge in [0.05, 0.1) is 0 Å². The second kappa shape index (κ2) is 7.67. The van der Waals surface area contributed by atoms with Crippen molar-refractivity contribution < 1.29 is 19.8 Å². The second-order valence-corrected chi connectivity index (χ2v) is 4.88. The maximum atomic E-state index is 10.2. The Morgan fingerprint density at radius 2 is 1.83 bits per heavy atom. The second-order valence-electron chi connectivity index (χ2n) is 4.88. The van der Waals surface area contributed by atoms with Crippen LogP contribution in [0.5, 0.6) is 0 Å². The maximum Gasteiger partial charge on any atom is 0.294 e. The largest absolute Gasteiger partial charge is 0.312 e. The highest BCUT2D eigenvalue weighted by Gasteiger charge is 2.19. The van der Waals surface area contributed by atoms with Crippen LogP contribution in [0.4, 0.5) is 0 Å². The lowest BCUT2D eigenvalue weighted by atomic mass is 9.84. The minimum atomic E-state index is -0.980. The highest BCUT2D eigenvalue weighted by Crippen LogP contribution is 2.27. The monoisotopic (exact) mass is 264 g/mol. The van der Waals surface area contributed by atoms with Gasteiger partial charge in [0.15, 0.2) is 0 Å². The summed E-state index contributed by atoms with van der Waals surface area (Å²) >= 11 is 0. The Morgan fingerprint density at radius 1 is 1.22 bits per heavy atom. The van der Waals surface area contributed by atoms with Gasteiger partial charge in [-0.15, -0.1) is 20.2 Å². The predicted molar refractivity (Wildman–Crippen MR) is 62.7 cm³/mol. The summed E-state index contributed by atoms with van der Waals surface area (Å²) in [5, 5.41) is 18.3. The first-order valence-electron chi connectivity index (χ1n) is 5.85. The van der Waals surface area contributed by atoms with Gasteiger partial charge in [-0.2, -0.15) is 0 Å². The van der Waals surface area contributed by atoms with Crippen LogP contribution in [0.25, 0.3) is 0 Å². The van der Waals surface area contributed by atoms with Crippen LogP contribution in [0.15, 0.2) is 0 Å². The highest BCUT2D eigenvalue weighted by atomic mass is 17.0. The third kappa shape index (κ3) is 8.54. The molecule has 0 saturated heterocycles. The van der Waals surface area contributed by atoms with Gasteiger partial charge in [-0.25, -0.2) is 0 Å². The lowest BCUT2D eigenvalue weighted by Crippen LogP contribution is -2.25. The van der Waals surface area contributed by atoms with E-state index in [-0.39, 0.29) is 5.41 Å². The normalized spacial score (nSPS) is 12.8. The number of hydrogen-bond acceptors (Lipinski definition) is 6. The molecule has 1 unspecified atom stereocenters. The van der Waals surface area contributed by atoms with Crippen LogP contribution in [0, 0.1) is 25.6 Å². The highest BCUT2D eigenvalue weighted by molar-refractivity contribution is 4.67. The van der Waals surface area contributed by atoms with E-state index in [1.807, 2.05) is 0 Å². The molecule has 18 heavy (non-hydrogen) atoms. The van der Waals surface area contributed by atoms with E-state index in [1.165, 1.54) is 0 Å². The molecule has 8 nitrogen and oxygen atoms in total. The van der Waals surface area contributed by atoms with Crippen LogP contribution in [0.1, 0.15) is 46.5 Å². The molecular weight excluding hydrogens is 244 g/mol. The van der Waals surface area contributed by atoms with Crippen LogP contribution >= 0.6 is 0 Å². The molecule has 0 aromatic carbocycles. The van der Waals surface area contributed by atoms with E-state index < -0.39 is 22.9 Å². The molecule has 1 atom stereocenters. The van der Waals surface area contributed by atoms with Crippen molar-refractivity contribution in [2.75, 3.05) is 6.61 Å². The maximum absolute atomic E-state index is 10.2. The SMILES string of the molecule is CCC(C)(C)CCCC(CO[N+](=O)[O-])O[N+](=O)[O-]. The molecule has 0 aliphatic carbocycles. The van der Waals surface area contributed by atoms with Crippen LogP contribution in [0.3, 0.4) is 0 Å². The molecular formula is C10H20N2O6. The summed E-state index contributed by atoms with van der Waals surface area (Å²) in [6.45, 7) is 5.86. The lowest BCUT2D eigenvalue weighted by molar-refractivity contribution is -0.790. The number of rotatable bonds is 10. The van der Waals surface area contributed by atoms with Crippen molar-refractivity contribution in [3.05, 3.63) is 20.2 Å². The van der Waals surface area contributed by atoms with E-state index in [0.717, 1.165) is 12.8 Å². The van der Waals surface area contributed by atoms with Crippen LogP contribution < -0.4 is 0 Å². The van der Waals surface area contributed by atoms with Gasteiger partial charge in [-0.3, -0.25) is 0 Å². The average Bonchev–Trinajstić information content (AvgIpc) is 2.24. The minimum absolute atomic E-state index is 0.156. The van der Waals surface area contributed by atoms with Crippen LogP contribution in [0.2, 0.25) is 0 Å². The van der Waals surface area contributed by atoms with Gasteiger partial charge >= 0.3 is 0 Å². The van der Waals surface area contributed by atoms with Gasteiger partial charge in [-0.1, -0.05) is 33.6 Å². The lowest BCUT2D eigenvalue weighted by Gasteiger charge is -2.23. The first kappa shape index (κ1) is 16.4. The third-order valence-electron chi connectivity index (χ3n) is 2.94. The predicted octanol–water partition coefficient (Wildman–Crippen LogP) is 2.38. The van der Waals surface area contributed by atoms with Crippen molar-refractivity contribution in [1.29, 1.82) is 0 Å². The fourth-order valence-corrected chi connectivity index (χ4v) is 1.42. The first-order valence-corrected chi connectivity index (χ1v) is 5.85. The van der Waals surface area contributed by atoms with Crippen molar-refractivity contribution in [2.45, 2.75) is 52.6 Å². The van der Waals surface area contributed by atoms with Gasteiger partial charge in [0, 0.05) is 0 Å². The van der Waals surface area contributed by atoms with E-state index in [4.69, 9.17) is 0 Å². The molecule has 0 spiro atoms. The Labute approximate surface area is 105 Å². The molecule has 0 amide bonds. The van der Waals surface area contributed by atoms with Crippen molar-refractivity contribution >= 4 is 0 Å². The summed E-state index contributed by atoms with van der Waals surface area (Å²) in [5.41, 5.74) is 0.156. The van der Waals surface area contributed by atoms with Gasteiger partial charge < -0.3 is 9.68 Å². The molecule has 0 aliphatic rings. The Kier molecular flexibility index (Phi) is 6.99. The van der Waals surface area contributed by atoms with Crippen molar-refractivity contribution in [3.63, 3.8) is 0 Å². The Bertz CT molecular complexity index is 282. The van der Waals surface area contributed by atoms with Crippen molar-refractivity contribution in [3.8, 4) is 0 Å². The third-order valence-corrected chi connectivity index (χ3v) is 2.94. The minimum Gasteiger partial charge on any atom is -0.312 e. The smallest absolute Gasteiger partial charge is 0.294 e. The Morgan fingerprint density at radius 3 is 2.28 bits per heavy atom. The van der Waals surface area contributed by atoms with Crippen molar-refractivity contribution in [1.82, 2.24) is 0 Å². The summed E-state index contributed by atoms with van der Waals surface area (Å²) in [4.78, 5) is 28.7. The van der Waals surface area contributed by atoms with E-state index in [2.05, 4.69) is 30.4 Å². The molecule has 0 fully saturated rings. The number of nitrogens with zero attached hydrogens (tertiary/aromatic N) is 2. The summed E-state index contributed by atoms with van der Waals surface area (Å²) in [6, 6.07) is 0. The quantitative estimate of drug-likeness (QED) is 0.443. The molecule has 0 saturated carbocycles. The molecule has 0 aromatic heterocycles. The van der Waals surface area contributed by atoms with Gasteiger partial charge in [0.2, 0.25) is 0 Å². The first-order chi connectivity index (χ1) is 8.26. The zero-order valence-electron chi connectivity index (χ0n) is 11.0. The molecule has 0 N–H and O–H groups in total. The molecule has 8 heteroatoms. The van der Waals surface area contributed by atoms with E-state index in [1.54, 1.807) is 0 Å². The molecule has 0 heterocycles. The fourth-order valence-electron chi connectivity index (χ4n) is 1.42. The Balaban J connectivity index is 4.07. The van der Waals surface area contributed by atoms with Gasteiger partial charge in [0.1, 0.15) is 12.7 Å². The topological polar surface area (TPSA) is 105 Å².